The molecule has 0 aliphatic carbocycles. The molecule has 7 heteroatoms. The molecule has 0 saturated carbocycles. The second kappa shape index (κ2) is 4.61. The van der Waals surface area contributed by atoms with Crippen LogP contribution in [0.25, 0.3) is 0 Å². The van der Waals surface area contributed by atoms with E-state index in [1.165, 1.54) is 0 Å². The van der Waals surface area contributed by atoms with Gasteiger partial charge in [0.1, 0.15) is 11.9 Å². The van der Waals surface area contributed by atoms with Crippen LogP contribution in [0.5, 0.6) is 0 Å². The second-order valence-corrected chi connectivity index (χ2v) is 4.44. The predicted octanol–water partition coefficient (Wildman–Crippen LogP) is 0.278. The van der Waals surface area contributed by atoms with E-state index >= 15 is 0 Å². The normalized spacial score (nSPS) is 25.4. The molecule has 0 spiro atoms. The van der Waals surface area contributed by atoms with E-state index < -0.39 is 22.4 Å². The van der Waals surface area contributed by atoms with Crippen molar-refractivity contribution in [1.29, 1.82) is 0 Å². The number of carbonyl (C=O) groups is 1. The molecule has 1 atom stereocenters. The zero-order valence-corrected chi connectivity index (χ0v) is 8.58. The lowest BCUT2D eigenvalue weighted by molar-refractivity contribution is 0.0219. The summed E-state index contributed by atoms with van der Waals surface area (Å²) in [6.45, 7) is 1.89. The summed E-state index contributed by atoms with van der Waals surface area (Å²) in [4.78, 5) is 10.8. The van der Waals surface area contributed by atoms with Crippen LogP contribution in [0.2, 0.25) is 0 Å². The average molecular weight is 224 g/mol. The van der Waals surface area contributed by atoms with Crippen LogP contribution in [0.1, 0.15) is 13.3 Å². The molecule has 0 amide bonds. The van der Waals surface area contributed by atoms with Crippen molar-refractivity contribution in [2.45, 2.75) is 19.4 Å². The van der Waals surface area contributed by atoms with Gasteiger partial charge in [0, 0.05) is 6.42 Å². The van der Waals surface area contributed by atoms with Crippen molar-refractivity contribution in [3.63, 3.8) is 0 Å². The van der Waals surface area contributed by atoms with E-state index in [1.54, 1.807) is 6.92 Å². The molecule has 6 nitrogen and oxygen atoms in total. The Hall–Kier alpha value is -0.820. The van der Waals surface area contributed by atoms with Crippen molar-refractivity contribution < 1.29 is 26.9 Å². The molecule has 1 unspecified atom stereocenters. The van der Waals surface area contributed by atoms with Gasteiger partial charge in [-0.25, -0.2) is 4.79 Å². The summed E-state index contributed by atoms with van der Waals surface area (Å²) >= 11 is 0. The molecule has 1 rings (SSSR count). The van der Waals surface area contributed by atoms with Crippen molar-refractivity contribution in [2.24, 2.45) is 0 Å². The van der Waals surface area contributed by atoms with E-state index in [4.69, 9.17) is 4.74 Å². The first kappa shape index (κ1) is 11.3. The number of hydrogen-bond acceptors (Lipinski definition) is 6. The highest BCUT2D eigenvalue weighted by molar-refractivity contribution is 7.86. The minimum atomic E-state index is -3.53. The maximum atomic E-state index is 10.9. The first-order chi connectivity index (χ1) is 6.53. The van der Waals surface area contributed by atoms with Gasteiger partial charge in [-0.05, 0) is 6.92 Å². The van der Waals surface area contributed by atoms with Gasteiger partial charge in [0.2, 0.25) is 0 Å². The summed E-state index contributed by atoms with van der Waals surface area (Å²) in [5.74, 6) is -0.300. The summed E-state index contributed by atoms with van der Waals surface area (Å²) in [5, 5.41) is 0. The summed E-state index contributed by atoms with van der Waals surface area (Å²) in [7, 11) is -3.53. The summed E-state index contributed by atoms with van der Waals surface area (Å²) in [6, 6.07) is 0. The molecular formula is C7H12O6S. The van der Waals surface area contributed by atoms with Crippen molar-refractivity contribution in [3.8, 4) is 0 Å². The van der Waals surface area contributed by atoms with Crippen LogP contribution in [0.15, 0.2) is 0 Å². The van der Waals surface area contributed by atoms with E-state index in [0.29, 0.717) is 6.42 Å². The minimum Gasteiger partial charge on any atom is -0.435 e. The first-order valence-corrected chi connectivity index (χ1v) is 5.82. The van der Waals surface area contributed by atoms with Crippen molar-refractivity contribution in [3.05, 3.63) is 0 Å². The summed E-state index contributed by atoms with van der Waals surface area (Å²) in [6.07, 6.45) is -1.12. The molecule has 14 heavy (non-hydrogen) atoms. The highest BCUT2D eigenvalue weighted by Gasteiger charge is 2.28. The first-order valence-electron chi connectivity index (χ1n) is 4.24. The van der Waals surface area contributed by atoms with Gasteiger partial charge >= 0.3 is 6.16 Å². The molecule has 0 aromatic carbocycles. The lowest BCUT2D eigenvalue weighted by atomic mass is 10.3. The maximum Gasteiger partial charge on any atom is 0.508 e. The van der Waals surface area contributed by atoms with Gasteiger partial charge in [-0.2, -0.15) is 8.42 Å². The number of hydrogen-bond donors (Lipinski definition) is 0. The summed E-state index contributed by atoms with van der Waals surface area (Å²) < 4.78 is 35.6. The lowest BCUT2D eigenvalue weighted by Crippen LogP contribution is -2.34. The zero-order valence-electron chi connectivity index (χ0n) is 7.76. The topological polar surface area (TPSA) is 78.9 Å². The maximum absolute atomic E-state index is 10.9. The van der Waals surface area contributed by atoms with Crippen LogP contribution < -0.4 is 0 Å². The Morgan fingerprint density at radius 2 is 2.29 bits per heavy atom. The molecular weight excluding hydrogens is 212 g/mol. The van der Waals surface area contributed by atoms with Crippen LogP contribution in [0, 0.1) is 0 Å². The van der Waals surface area contributed by atoms with Crippen molar-refractivity contribution >= 4 is 16.3 Å². The van der Waals surface area contributed by atoms with E-state index in [1.807, 2.05) is 0 Å². The highest BCUT2D eigenvalue weighted by Crippen LogP contribution is 2.13. The third-order valence-corrected chi connectivity index (χ3v) is 2.92. The number of carbonyl (C=O) groups excluding carboxylic acids is 1. The minimum absolute atomic E-state index is 0.0480. The molecule has 0 radical (unpaired) electrons. The average Bonchev–Trinajstić information content (AvgIpc) is 2.02. The molecule has 1 aliphatic rings. The molecule has 1 heterocycles. The monoisotopic (exact) mass is 224 g/mol. The molecule has 0 aromatic rings. The SMILES string of the molecule is CCOC(=O)OC1CCOS(=O)(=O)C1. The fraction of sp³-hybridized carbons (Fsp3) is 0.857. The fourth-order valence-corrected chi connectivity index (χ4v) is 2.18. The number of ether oxygens (including phenoxy) is 2. The van der Waals surface area contributed by atoms with Gasteiger partial charge in [0.05, 0.1) is 13.2 Å². The lowest BCUT2D eigenvalue weighted by Gasteiger charge is -2.21. The van der Waals surface area contributed by atoms with E-state index in [0.717, 1.165) is 0 Å². The van der Waals surface area contributed by atoms with Crippen LogP contribution in [-0.2, 0) is 23.8 Å². The van der Waals surface area contributed by atoms with Gasteiger partial charge in [-0.15, -0.1) is 0 Å². The quantitative estimate of drug-likeness (QED) is 0.495. The Morgan fingerprint density at radius 3 is 2.86 bits per heavy atom. The molecule has 82 valence electrons. The Morgan fingerprint density at radius 1 is 1.57 bits per heavy atom. The Bertz CT molecular complexity index is 295. The van der Waals surface area contributed by atoms with Gasteiger partial charge in [-0.1, -0.05) is 0 Å². The third kappa shape index (κ3) is 3.51. The molecule has 0 N–H and O–H groups in total. The Balaban J connectivity index is 2.42. The Labute approximate surface area is 82.3 Å². The zero-order chi connectivity index (χ0) is 10.6. The van der Waals surface area contributed by atoms with E-state index in [-0.39, 0.29) is 19.0 Å². The van der Waals surface area contributed by atoms with Gasteiger partial charge in [0.25, 0.3) is 10.1 Å². The molecule has 0 bridgehead atoms. The standard InChI is InChI=1S/C7H12O6S/c1-2-11-7(8)13-6-3-4-12-14(9,10)5-6/h6H,2-5H2,1H3. The van der Waals surface area contributed by atoms with Crippen molar-refractivity contribution in [1.82, 2.24) is 0 Å². The molecule has 1 aliphatic heterocycles. The summed E-state index contributed by atoms with van der Waals surface area (Å²) in [5.41, 5.74) is 0. The highest BCUT2D eigenvalue weighted by atomic mass is 32.2. The van der Waals surface area contributed by atoms with E-state index in [9.17, 15) is 13.2 Å². The van der Waals surface area contributed by atoms with Crippen LogP contribution in [-0.4, -0.2) is 39.6 Å². The van der Waals surface area contributed by atoms with E-state index in [2.05, 4.69) is 8.92 Å². The third-order valence-electron chi connectivity index (χ3n) is 1.62. The fourth-order valence-electron chi connectivity index (χ4n) is 1.05. The van der Waals surface area contributed by atoms with Crippen molar-refractivity contribution in [2.75, 3.05) is 19.0 Å². The Kier molecular flexibility index (Phi) is 3.70. The molecule has 0 aromatic heterocycles. The van der Waals surface area contributed by atoms with Crippen LogP contribution >= 0.6 is 0 Å². The van der Waals surface area contributed by atoms with Crippen LogP contribution in [0.3, 0.4) is 0 Å². The van der Waals surface area contributed by atoms with Gasteiger partial charge < -0.3 is 9.47 Å². The number of rotatable bonds is 2. The second-order valence-electron chi connectivity index (χ2n) is 2.76. The van der Waals surface area contributed by atoms with Gasteiger partial charge in [-0.3, -0.25) is 4.18 Å². The smallest absolute Gasteiger partial charge is 0.435 e. The largest absolute Gasteiger partial charge is 0.508 e. The molecule has 1 fully saturated rings. The van der Waals surface area contributed by atoms with Gasteiger partial charge in [0.15, 0.2) is 0 Å². The van der Waals surface area contributed by atoms with Crippen LogP contribution in [0.4, 0.5) is 4.79 Å². The predicted molar refractivity (Wildman–Crippen MR) is 46.3 cm³/mol. The molecule has 1 saturated heterocycles.